The Morgan fingerprint density at radius 1 is 1.70 bits per heavy atom. The molecule has 0 saturated carbocycles. The lowest BCUT2D eigenvalue weighted by atomic mass is 10.4. The SMILES string of the molecule is CC(C)n1ccnc1NO. The molecule has 0 fully saturated rings. The van der Waals surface area contributed by atoms with Crippen molar-refractivity contribution in [3.05, 3.63) is 12.4 Å². The first kappa shape index (κ1) is 7.08. The normalized spacial score (nSPS) is 10.4. The van der Waals surface area contributed by atoms with Gasteiger partial charge in [0.25, 0.3) is 0 Å². The molecule has 0 atom stereocenters. The minimum absolute atomic E-state index is 0.317. The molecule has 10 heavy (non-hydrogen) atoms. The lowest BCUT2D eigenvalue weighted by Gasteiger charge is -2.08. The Hall–Kier alpha value is -1.03. The minimum Gasteiger partial charge on any atom is -0.313 e. The maximum Gasteiger partial charge on any atom is 0.227 e. The van der Waals surface area contributed by atoms with Crippen LogP contribution in [0.25, 0.3) is 0 Å². The Morgan fingerprint density at radius 2 is 2.40 bits per heavy atom. The van der Waals surface area contributed by atoms with Crippen LogP contribution in [0.2, 0.25) is 0 Å². The molecule has 1 aromatic heterocycles. The zero-order valence-corrected chi connectivity index (χ0v) is 6.07. The Kier molecular flexibility index (Phi) is 1.91. The molecular formula is C6H11N3O. The number of nitrogens with one attached hydrogen (secondary N) is 1. The predicted molar refractivity (Wildman–Crippen MR) is 38.0 cm³/mol. The van der Waals surface area contributed by atoms with E-state index in [9.17, 15) is 0 Å². The van der Waals surface area contributed by atoms with Crippen molar-refractivity contribution in [2.45, 2.75) is 19.9 Å². The third kappa shape index (κ3) is 1.11. The number of aromatic nitrogens is 2. The first-order valence-electron chi connectivity index (χ1n) is 3.18. The zero-order valence-electron chi connectivity index (χ0n) is 6.07. The average Bonchev–Trinajstić information content (AvgIpc) is 2.33. The highest BCUT2D eigenvalue weighted by Crippen LogP contribution is 2.10. The van der Waals surface area contributed by atoms with Crippen molar-refractivity contribution in [1.82, 2.24) is 9.55 Å². The number of hydrogen-bond acceptors (Lipinski definition) is 3. The molecule has 1 rings (SSSR count). The molecule has 0 unspecified atom stereocenters. The van der Waals surface area contributed by atoms with Crippen molar-refractivity contribution in [2.75, 3.05) is 5.48 Å². The van der Waals surface area contributed by atoms with E-state index in [-0.39, 0.29) is 0 Å². The van der Waals surface area contributed by atoms with Crippen LogP contribution in [0.1, 0.15) is 19.9 Å². The van der Waals surface area contributed by atoms with Crippen LogP contribution < -0.4 is 5.48 Å². The van der Waals surface area contributed by atoms with Gasteiger partial charge in [0.05, 0.1) is 0 Å². The van der Waals surface area contributed by atoms with Crippen molar-refractivity contribution < 1.29 is 5.21 Å². The number of nitrogens with zero attached hydrogens (tertiary/aromatic N) is 2. The van der Waals surface area contributed by atoms with Gasteiger partial charge in [0.15, 0.2) is 0 Å². The number of imidazole rings is 1. The highest BCUT2D eigenvalue weighted by atomic mass is 16.5. The van der Waals surface area contributed by atoms with E-state index in [0.29, 0.717) is 12.0 Å². The molecular weight excluding hydrogens is 130 g/mol. The fourth-order valence-corrected chi connectivity index (χ4v) is 0.816. The van der Waals surface area contributed by atoms with Crippen molar-refractivity contribution in [1.29, 1.82) is 0 Å². The van der Waals surface area contributed by atoms with Crippen LogP contribution in [-0.2, 0) is 0 Å². The second kappa shape index (κ2) is 2.70. The van der Waals surface area contributed by atoms with Gasteiger partial charge in [-0.05, 0) is 13.8 Å². The molecule has 0 saturated heterocycles. The van der Waals surface area contributed by atoms with Gasteiger partial charge < -0.3 is 4.57 Å². The summed E-state index contributed by atoms with van der Waals surface area (Å²) in [7, 11) is 0. The van der Waals surface area contributed by atoms with Crippen LogP contribution >= 0.6 is 0 Å². The molecule has 0 aliphatic heterocycles. The van der Waals surface area contributed by atoms with Crippen molar-refractivity contribution in [3.8, 4) is 0 Å². The van der Waals surface area contributed by atoms with Crippen LogP contribution in [0.5, 0.6) is 0 Å². The molecule has 0 spiro atoms. The Labute approximate surface area is 59.5 Å². The summed E-state index contributed by atoms with van der Waals surface area (Å²) >= 11 is 0. The van der Waals surface area contributed by atoms with E-state index in [1.54, 1.807) is 6.20 Å². The Bertz CT molecular complexity index is 207. The summed E-state index contributed by atoms with van der Waals surface area (Å²) in [5.74, 6) is 0.481. The van der Waals surface area contributed by atoms with Crippen molar-refractivity contribution in [2.24, 2.45) is 0 Å². The minimum atomic E-state index is 0.317. The molecule has 0 amide bonds. The second-order valence-electron chi connectivity index (χ2n) is 2.36. The fraction of sp³-hybridized carbons (Fsp3) is 0.500. The van der Waals surface area contributed by atoms with E-state index in [0.717, 1.165) is 0 Å². The molecule has 0 bridgehead atoms. The first-order chi connectivity index (χ1) is 4.75. The van der Waals surface area contributed by atoms with Crippen LogP contribution in [0.15, 0.2) is 12.4 Å². The average molecular weight is 141 g/mol. The topological polar surface area (TPSA) is 50.1 Å². The van der Waals surface area contributed by atoms with E-state index in [2.05, 4.69) is 4.98 Å². The number of rotatable bonds is 2. The first-order valence-corrected chi connectivity index (χ1v) is 3.18. The third-order valence-corrected chi connectivity index (χ3v) is 1.32. The van der Waals surface area contributed by atoms with Gasteiger partial charge in [-0.3, -0.25) is 5.21 Å². The van der Waals surface area contributed by atoms with Gasteiger partial charge in [-0.25, -0.2) is 10.5 Å². The van der Waals surface area contributed by atoms with Crippen molar-refractivity contribution >= 4 is 5.95 Å². The van der Waals surface area contributed by atoms with E-state index < -0.39 is 0 Å². The number of hydrogen-bond donors (Lipinski definition) is 2. The van der Waals surface area contributed by atoms with Gasteiger partial charge in [-0.2, -0.15) is 0 Å². The molecule has 2 N–H and O–H groups in total. The summed E-state index contributed by atoms with van der Waals surface area (Å²) in [5, 5.41) is 8.52. The maximum absolute atomic E-state index is 8.52. The van der Waals surface area contributed by atoms with Gasteiger partial charge in [0.2, 0.25) is 5.95 Å². The van der Waals surface area contributed by atoms with Gasteiger partial charge in [0.1, 0.15) is 0 Å². The number of anilines is 1. The summed E-state index contributed by atoms with van der Waals surface area (Å²) < 4.78 is 1.83. The summed E-state index contributed by atoms with van der Waals surface area (Å²) in [6.07, 6.45) is 3.45. The Morgan fingerprint density at radius 3 is 2.80 bits per heavy atom. The highest BCUT2D eigenvalue weighted by Gasteiger charge is 2.02. The van der Waals surface area contributed by atoms with Crippen LogP contribution in [-0.4, -0.2) is 14.8 Å². The molecule has 0 radical (unpaired) electrons. The van der Waals surface area contributed by atoms with Gasteiger partial charge in [-0.1, -0.05) is 0 Å². The third-order valence-electron chi connectivity index (χ3n) is 1.32. The molecule has 4 heteroatoms. The molecule has 1 aromatic rings. The van der Waals surface area contributed by atoms with E-state index in [4.69, 9.17) is 5.21 Å². The lowest BCUT2D eigenvalue weighted by molar-refractivity contribution is 0.375. The second-order valence-corrected chi connectivity index (χ2v) is 2.36. The van der Waals surface area contributed by atoms with E-state index in [1.165, 1.54) is 0 Å². The molecule has 1 heterocycles. The van der Waals surface area contributed by atoms with Crippen molar-refractivity contribution in [3.63, 3.8) is 0 Å². The van der Waals surface area contributed by atoms with Gasteiger partial charge in [-0.15, -0.1) is 0 Å². The van der Waals surface area contributed by atoms with Crippen LogP contribution in [0.3, 0.4) is 0 Å². The quantitative estimate of drug-likeness (QED) is 0.610. The van der Waals surface area contributed by atoms with Crippen LogP contribution in [0, 0.1) is 0 Å². The predicted octanol–water partition coefficient (Wildman–Crippen LogP) is 1.27. The van der Waals surface area contributed by atoms with Gasteiger partial charge in [0, 0.05) is 18.4 Å². The highest BCUT2D eigenvalue weighted by molar-refractivity contribution is 5.22. The summed E-state index contributed by atoms with van der Waals surface area (Å²) in [5.41, 5.74) is 2.01. The maximum atomic E-state index is 8.52. The zero-order chi connectivity index (χ0) is 7.56. The fourth-order valence-electron chi connectivity index (χ4n) is 0.816. The standard InChI is InChI=1S/C6H11N3O/c1-5(2)9-4-3-7-6(9)8-10/h3-5,10H,1-2H3,(H,7,8). The van der Waals surface area contributed by atoms with E-state index in [1.807, 2.05) is 30.1 Å². The lowest BCUT2D eigenvalue weighted by Crippen LogP contribution is -2.04. The molecule has 56 valence electrons. The van der Waals surface area contributed by atoms with Gasteiger partial charge >= 0.3 is 0 Å². The molecule has 0 aliphatic carbocycles. The smallest absolute Gasteiger partial charge is 0.227 e. The monoisotopic (exact) mass is 141 g/mol. The van der Waals surface area contributed by atoms with E-state index >= 15 is 0 Å². The summed E-state index contributed by atoms with van der Waals surface area (Å²) in [6.45, 7) is 4.03. The van der Waals surface area contributed by atoms with Crippen LogP contribution in [0.4, 0.5) is 5.95 Å². The Balaban J connectivity index is 2.90. The molecule has 0 aliphatic rings. The molecule has 4 nitrogen and oxygen atoms in total. The molecule has 0 aromatic carbocycles. The summed E-state index contributed by atoms with van der Waals surface area (Å²) in [4.78, 5) is 3.86. The largest absolute Gasteiger partial charge is 0.313 e. The summed E-state index contributed by atoms with van der Waals surface area (Å²) in [6, 6.07) is 0.317.